The molecule has 0 aliphatic rings. The fourth-order valence-electron chi connectivity index (χ4n) is 2.44. The third kappa shape index (κ3) is 3.83. The molecule has 132 valence electrons. The molecule has 1 amide bonds. The highest BCUT2D eigenvalue weighted by atomic mass is 19.1. The molecule has 0 atom stereocenters. The largest absolute Gasteiger partial charge is 0.340 e. The Hall–Kier alpha value is -3.35. The van der Waals surface area contributed by atoms with Crippen molar-refractivity contribution in [3.8, 4) is 0 Å². The number of carbonyl (C=O) groups excluding carboxylic acids is 1. The third-order valence-electron chi connectivity index (χ3n) is 3.75. The van der Waals surface area contributed by atoms with Gasteiger partial charge in [-0.05, 0) is 37.6 Å². The van der Waals surface area contributed by atoms with E-state index >= 15 is 0 Å². The van der Waals surface area contributed by atoms with Crippen LogP contribution in [-0.4, -0.2) is 15.9 Å². The van der Waals surface area contributed by atoms with Gasteiger partial charge < -0.3 is 10.6 Å². The number of hydrogen-bond acceptors (Lipinski definition) is 4. The second-order valence-corrected chi connectivity index (χ2v) is 5.78. The van der Waals surface area contributed by atoms with Crippen LogP contribution >= 0.6 is 0 Å². The maximum absolute atomic E-state index is 13.7. The minimum absolute atomic E-state index is 0.0186. The highest BCUT2D eigenvalue weighted by Crippen LogP contribution is 2.21. The van der Waals surface area contributed by atoms with E-state index in [1.54, 1.807) is 0 Å². The normalized spacial score (nSPS) is 10.5. The molecular weight excluding hydrogens is 338 g/mol. The molecule has 0 bridgehead atoms. The first-order chi connectivity index (χ1) is 12.4. The second kappa shape index (κ2) is 7.26. The van der Waals surface area contributed by atoms with Gasteiger partial charge in [0.1, 0.15) is 35.2 Å². The molecule has 0 fully saturated rings. The summed E-state index contributed by atoms with van der Waals surface area (Å²) in [6.07, 6.45) is 1.21. The van der Waals surface area contributed by atoms with Gasteiger partial charge in [-0.1, -0.05) is 23.8 Å². The van der Waals surface area contributed by atoms with Gasteiger partial charge in [0.15, 0.2) is 0 Å². The zero-order valence-corrected chi connectivity index (χ0v) is 14.2. The molecule has 0 aliphatic carbocycles. The summed E-state index contributed by atoms with van der Waals surface area (Å²) in [4.78, 5) is 20.2. The Kier molecular flexibility index (Phi) is 4.88. The fraction of sp³-hybridized carbons (Fsp3) is 0.105. The van der Waals surface area contributed by atoms with Crippen LogP contribution in [0.15, 0.2) is 48.8 Å². The van der Waals surface area contributed by atoms with Crippen LogP contribution in [0.5, 0.6) is 0 Å². The molecular formula is C19H16F2N4O. The number of amides is 1. The van der Waals surface area contributed by atoms with Crippen molar-refractivity contribution in [1.82, 2.24) is 9.97 Å². The molecule has 0 saturated heterocycles. The minimum Gasteiger partial charge on any atom is -0.340 e. The number of para-hydroxylation sites is 1. The van der Waals surface area contributed by atoms with Crippen LogP contribution in [0, 0.1) is 25.5 Å². The maximum atomic E-state index is 13.7. The molecule has 0 unspecified atom stereocenters. The predicted octanol–water partition coefficient (Wildman–Crippen LogP) is 4.37. The molecule has 0 aliphatic heterocycles. The number of aryl methyl sites for hydroxylation is 2. The second-order valence-electron chi connectivity index (χ2n) is 5.78. The van der Waals surface area contributed by atoms with Crippen LogP contribution in [0.1, 0.15) is 21.6 Å². The summed E-state index contributed by atoms with van der Waals surface area (Å²) in [6, 6.07) is 10.6. The molecule has 3 rings (SSSR count). The molecule has 1 aromatic heterocycles. The molecule has 26 heavy (non-hydrogen) atoms. The zero-order chi connectivity index (χ0) is 18.7. The standard InChI is InChI=1S/C19H16F2N4O/c1-11-6-7-15(12(2)8-11)24-17-9-16(22-10-23-17)19(26)25-18-13(20)4-3-5-14(18)21/h3-10H,1-2H3,(H,25,26)(H,22,23,24). The van der Waals surface area contributed by atoms with E-state index in [9.17, 15) is 13.6 Å². The topological polar surface area (TPSA) is 66.9 Å². The lowest BCUT2D eigenvalue weighted by Crippen LogP contribution is -2.16. The highest BCUT2D eigenvalue weighted by molar-refractivity contribution is 6.03. The summed E-state index contributed by atoms with van der Waals surface area (Å²) in [5, 5.41) is 5.30. The maximum Gasteiger partial charge on any atom is 0.274 e. The van der Waals surface area contributed by atoms with E-state index in [0.29, 0.717) is 5.82 Å². The number of anilines is 3. The molecule has 1 heterocycles. The SMILES string of the molecule is Cc1ccc(Nc2cc(C(=O)Nc3c(F)cccc3F)ncn2)c(C)c1. The molecule has 5 nitrogen and oxygen atoms in total. The van der Waals surface area contributed by atoms with Gasteiger partial charge in [0.25, 0.3) is 5.91 Å². The zero-order valence-electron chi connectivity index (χ0n) is 14.2. The van der Waals surface area contributed by atoms with Crippen molar-refractivity contribution in [3.63, 3.8) is 0 Å². The molecule has 2 aromatic carbocycles. The van der Waals surface area contributed by atoms with Crippen LogP contribution in [0.3, 0.4) is 0 Å². The Balaban J connectivity index is 1.81. The van der Waals surface area contributed by atoms with Crippen LogP contribution in [0.4, 0.5) is 26.0 Å². The van der Waals surface area contributed by atoms with Crippen molar-refractivity contribution in [2.45, 2.75) is 13.8 Å². The highest BCUT2D eigenvalue weighted by Gasteiger charge is 2.15. The van der Waals surface area contributed by atoms with E-state index in [1.165, 1.54) is 18.5 Å². The van der Waals surface area contributed by atoms with Crippen molar-refractivity contribution in [3.05, 3.63) is 77.2 Å². The number of nitrogens with zero attached hydrogens (tertiary/aromatic N) is 2. The summed E-state index contributed by atoms with van der Waals surface area (Å²) < 4.78 is 27.3. The van der Waals surface area contributed by atoms with Gasteiger partial charge in [-0.15, -0.1) is 0 Å². The lowest BCUT2D eigenvalue weighted by Gasteiger charge is -2.11. The number of nitrogens with one attached hydrogen (secondary N) is 2. The molecule has 0 spiro atoms. The van der Waals surface area contributed by atoms with Crippen molar-refractivity contribution in [2.24, 2.45) is 0 Å². The summed E-state index contributed by atoms with van der Waals surface area (Å²) in [5.74, 6) is -2.06. The predicted molar refractivity (Wildman–Crippen MR) is 95.5 cm³/mol. The Labute approximate surface area is 149 Å². The number of benzene rings is 2. The van der Waals surface area contributed by atoms with E-state index in [-0.39, 0.29) is 5.69 Å². The van der Waals surface area contributed by atoms with Crippen LogP contribution in [0.25, 0.3) is 0 Å². The van der Waals surface area contributed by atoms with Gasteiger partial charge in [-0.2, -0.15) is 0 Å². The van der Waals surface area contributed by atoms with E-state index in [0.717, 1.165) is 28.9 Å². The average molecular weight is 354 g/mol. The van der Waals surface area contributed by atoms with Crippen molar-refractivity contribution >= 4 is 23.1 Å². The van der Waals surface area contributed by atoms with E-state index < -0.39 is 23.2 Å². The lowest BCUT2D eigenvalue weighted by atomic mass is 10.1. The first-order valence-electron chi connectivity index (χ1n) is 7.86. The Morgan fingerprint density at radius 3 is 2.42 bits per heavy atom. The van der Waals surface area contributed by atoms with E-state index in [4.69, 9.17) is 0 Å². The molecule has 7 heteroatoms. The first kappa shape index (κ1) is 17.5. The lowest BCUT2D eigenvalue weighted by molar-refractivity contribution is 0.102. The Morgan fingerprint density at radius 1 is 1.00 bits per heavy atom. The summed E-state index contributed by atoms with van der Waals surface area (Å²) in [5.41, 5.74) is 2.45. The third-order valence-corrected chi connectivity index (χ3v) is 3.75. The number of rotatable bonds is 4. The van der Waals surface area contributed by atoms with Crippen LogP contribution < -0.4 is 10.6 Å². The fourth-order valence-corrected chi connectivity index (χ4v) is 2.44. The summed E-state index contributed by atoms with van der Waals surface area (Å²) in [6.45, 7) is 3.94. The van der Waals surface area contributed by atoms with Gasteiger partial charge in [0, 0.05) is 11.8 Å². The van der Waals surface area contributed by atoms with Crippen molar-refractivity contribution in [2.75, 3.05) is 10.6 Å². The molecule has 0 saturated carbocycles. The van der Waals surface area contributed by atoms with E-state index in [2.05, 4.69) is 20.6 Å². The smallest absolute Gasteiger partial charge is 0.274 e. The Morgan fingerprint density at radius 2 is 1.73 bits per heavy atom. The number of hydrogen-bond donors (Lipinski definition) is 2. The number of halogens is 2. The molecule has 3 aromatic rings. The monoisotopic (exact) mass is 354 g/mol. The van der Waals surface area contributed by atoms with Gasteiger partial charge >= 0.3 is 0 Å². The van der Waals surface area contributed by atoms with E-state index in [1.807, 2.05) is 32.0 Å². The number of carbonyl (C=O) groups is 1. The average Bonchev–Trinajstić information content (AvgIpc) is 2.61. The summed E-state index contributed by atoms with van der Waals surface area (Å²) >= 11 is 0. The van der Waals surface area contributed by atoms with Gasteiger partial charge in [-0.25, -0.2) is 18.7 Å². The van der Waals surface area contributed by atoms with Gasteiger partial charge in [0.2, 0.25) is 0 Å². The first-order valence-corrected chi connectivity index (χ1v) is 7.86. The molecule has 0 radical (unpaired) electrons. The van der Waals surface area contributed by atoms with Crippen LogP contribution in [0.2, 0.25) is 0 Å². The summed E-state index contributed by atoms with van der Waals surface area (Å²) in [7, 11) is 0. The molecule has 2 N–H and O–H groups in total. The Bertz CT molecular complexity index is 955. The van der Waals surface area contributed by atoms with Crippen molar-refractivity contribution in [1.29, 1.82) is 0 Å². The minimum atomic E-state index is -0.860. The van der Waals surface area contributed by atoms with Crippen LogP contribution in [-0.2, 0) is 0 Å². The quantitative estimate of drug-likeness (QED) is 0.730. The van der Waals surface area contributed by atoms with Gasteiger partial charge in [-0.3, -0.25) is 4.79 Å². The number of aromatic nitrogens is 2. The van der Waals surface area contributed by atoms with Crippen molar-refractivity contribution < 1.29 is 13.6 Å². The van der Waals surface area contributed by atoms with Gasteiger partial charge in [0.05, 0.1) is 0 Å².